The minimum atomic E-state index is -0.773. The number of carbonyl (C=O) groups is 1. The van der Waals surface area contributed by atoms with Crippen molar-refractivity contribution in [2.24, 2.45) is 0 Å². The zero-order chi connectivity index (χ0) is 32.0. The Balaban J connectivity index is 1.35. The maximum atomic E-state index is 14.1. The summed E-state index contributed by atoms with van der Waals surface area (Å²) in [4.78, 5) is 15.0. The summed E-state index contributed by atoms with van der Waals surface area (Å²) >= 11 is 0. The Bertz CT molecular complexity index is 1640. The number of halogens is 1. The lowest BCUT2D eigenvalue weighted by Crippen LogP contribution is -2.52. The van der Waals surface area contributed by atoms with Crippen molar-refractivity contribution >= 4 is 17.3 Å². The van der Waals surface area contributed by atoms with Crippen LogP contribution < -0.4 is 24.4 Å². The number of rotatable bonds is 13. The van der Waals surface area contributed by atoms with Crippen molar-refractivity contribution in [3.05, 3.63) is 101 Å². The third kappa shape index (κ3) is 7.40. The van der Waals surface area contributed by atoms with Crippen LogP contribution in [0.15, 0.2) is 78.9 Å². The van der Waals surface area contributed by atoms with Crippen LogP contribution in [0.5, 0.6) is 17.2 Å². The standard InChI is InChI=1S/C37H41FN2O5/c1-25-13-14-27(38)21-33(25)45-24-31-29(17-18-32-35(31)40(4)36(41)37(2,3)39-32)30-16-15-28(22-34(30)42-5)44-20-10-9-19-43-23-26-11-7-6-8-12-26/h6-8,11-18,21-22,39H,9-10,19-20,23-24H2,1-5H3. The van der Waals surface area contributed by atoms with Crippen LogP contribution in [0.1, 0.15) is 43.4 Å². The molecule has 0 spiro atoms. The highest BCUT2D eigenvalue weighted by molar-refractivity contribution is 6.08. The Labute approximate surface area is 264 Å². The van der Waals surface area contributed by atoms with E-state index in [-0.39, 0.29) is 18.3 Å². The molecule has 45 heavy (non-hydrogen) atoms. The molecule has 5 rings (SSSR count). The second-order valence-corrected chi connectivity index (χ2v) is 11.8. The van der Waals surface area contributed by atoms with Crippen LogP contribution in [-0.4, -0.2) is 38.8 Å². The molecular formula is C37H41FN2O5. The van der Waals surface area contributed by atoms with E-state index >= 15 is 0 Å². The topological polar surface area (TPSA) is 69.3 Å². The average molecular weight is 613 g/mol. The van der Waals surface area contributed by atoms with Crippen molar-refractivity contribution in [1.29, 1.82) is 0 Å². The van der Waals surface area contributed by atoms with Gasteiger partial charge in [0.15, 0.2) is 0 Å². The highest BCUT2D eigenvalue weighted by Crippen LogP contribution is 2.45. The molecule has 0 aromatic heterocycles. The first-order chi connectivity index (χ1) is 21.7. The monoisotopic (exact) mass is 612 g/mol. The molecule has 1 aliphatic rings. The van der Waals surface area contributed by atoms with Crippen molar-refractivity contribution in [3.63, 3.8) is 0 Å². The first kappa shape index (κ1) is 31.9. The van der Waals surface area contributed by atoms with Crippen LogP contribution in [0.2, 0.25) is 0 Å². The highest BCUT2D eigenvalue weighted by Gasteiger charge is 2.38. The third-order valence-electron chi connectivity index (χ3n) is 7.95. The molecule has 0 unspecified atom stereocenters. The largest absolute Gasteiger partial charge is 0.496 e. The number of likely N-dealkylation sites (N-methyl/N-ethyl adjacent to an activating group) is 1. The molecule has 236 valence electrons. The second-order valence-electron chi connectivity index (χ2n) is 11.8. The number of hydrogen-bond acceptors (Lipinski definition) is 6. The van der Waals surface area contributed by atoms with Crippen LogP contribution in [0, 0.1) is 12.7 Å². The number of nitrogens with one attached hydrogen (secondary N) is 1. The summed E-state index contributed by atoms with van der Waals surface area (Å²) in [6.45, 7) is 7.52. The lowest BCUT2D eigenvalue weighted by Gasteiger charge is -2.39. The van der Waals surface area contributed by atoms with E-state index in [1.54, 1.807) is 25.1 Å². The fourth-order valence-corrected chi connectivity index (χ4v) is 5.55. The average Bonchev–Trinajstić information content (AvgIpc) is 3.03. The zero-order valence-corrected chi connectivity index (χ0v) is 26.6. The van der Waals surface area contributed by atoms with E-state index in [9.17, 15) is 9.18 Å². The van der Waals surface area contributed by atoms with Gasteiger partial charge in [0.05, 0.1) is 31.7 Å². The van der Waals surface area contributed by atoms with Gasteiger partial charge < -0.3 is 29.2 Å². The maximum Gasteiger partial charge on any atom is 0.251 e. The van der Waals surface area contributed by atoms with Gasteiger partial charge in [-0.15, -0.1) is 0 Å². The van der Waals surface area contributed by atoms with Gasteiger partial charge >= 0.3 is 0 Å². The Hall–Kier alpha value is -4.56. The fraction of sp³-hybridized carbons (Fsp3) is 0.324. The predicted molar refractivity (Wildman–Crippen MR) is 176 cm³/mol. The molecule has 0 saturated heterocycles. The zero-order valence-electron chi connectivity index (χ0n) is 26.6. The number of aryl methyl sites for hydroxylation is 1. The SMILES string of the molecule is COc1cc(OCCCCOCc2ccccc2)ccc1-c1ccc2c(c1COc1cc(F)ccc1C)N(C)C(=O)C(C)(C)N2. The van der Waals surface area contributed by atoms with Crippen LogP contribution >= 0.6 is 0 Å². The van der Waals surface area contributed by atoms with Crippen molar-refractivity contribution in [3.8, 4) is 28.4 Å². The number of unbranched alkanes of at least 4 members (excludes halogenated alkanes) is 1. The smallest absolute Gasteiger partial charge is 0.251 e. The Morgan fingerprint density at radius 3 is 2.38 bits per heavy atom. The molecule has 0 radical (unpaired) electrons. The van der Waals surface area contributed by atoms with Gasteiger partial charge in [0.2, 0.25) is 0 Å². The summed E-state index contributed by atoms with van der Waals surface area (Å²) in [5.74, 6) is 1.32. The summed E-state index contributed by atoms with van der Waals surface area (Å²) < 4.78 is 37.9. The number of nitrogens with zero attached hydrogens (tertiary/aromatic N) is 1. The van der Waals surface area contributed by atoms with Gasteiger partial charge in [0.1, 0.15) is 35.2 Å². The molecule has 4 aromatic carbocycles. The lowest BCUT2D eigenvalue weighted by atomic mass is 9.91. The number of benzene rings is 4. The van der Waals surface area contributed by atoms with Crippen LogP contribution in [0.25, 0.3) is 11.1 Å². The minimum Gasteiger partial charge on any atom is -0.496 e. The molecule has 8 heteroatoms. The molecule has 0 fully saturated rings. The number of amides is 1. The van der Waals surface area contributed by atoms with E-state index in [1.807, 2.05) is 69.3 Å². The first-order valence-corrected chi connectivity index (χ1v) is 15.2. The van der Waals surface area contributed by atoms with Crippen LogP contribution in [0.3, 0.4) is 0 Å². The van der Waals surface area contributed by atoms with E-state index in [0.717, 1.165) is 46.3 Å². The van der Waals surface area contributed by atoms with Gasteiger partial charge in [-0.3, -0.25) is 4.79 Å². The Kier molecular flexibility index (Phi) is 9.93. The number of anilines is 2. The maximum absolute atomic E-state index is 14.1. The van der Waals surface area contributed by atoms with Crippen molar-refractivity contribution in [2.75, 3.05) is 37.6 Å². The summed E-state index contributed by atoms with van der Waals surface area (Å²) in [5.41, 5.74) is 5.16. The molecule has 0 bridgehead atoms. The number of carbonyl (C=O) groups excluding carboxylic acids is 1. The highest BCUT2D eigenvalue weighted by atomic mass is 19.1. The molecule has 0 saturated carbocycles. The molecule has 1 amide bonds. The van der Waals surface area contributed by atoms with Gasteiger partial charge in [0.25, 0.3) is 5.91 Å². The van der Waals surface area contributed by atoms with E-state index in [1.165, 1.54) is 12.1 Å². The third-order valence-corrected chi connectivity index (χ3v) is 7.95. The van der Waals surface area contributed by atoms with Crippen molar-refractivity contribution in [2.45, 2.75) is 52.4 Å². The minimum absolute atomic E-state index is 0.0727. The summed E-state index contributed by atoms with van der Waals surface area (Å²) in [6.07, 6.45) is 1.75. The number of ether oxygens (including phenoxy) is 4. The first-order valence-electron chi connectivity index (χ1n) is 15.2. The molecule has 1 heterocycles. The Morgan fingerprint density at radius 2 is 1.60 bits per heavy atom. The molecule has 1 aliphatic heterocycles. The van der Waals surface area contributed by atoms with Crippen LogP contribution in [0.4, 0.5) is 15.8 Å². The summed E-state index contributed by atoms with van der Waals surface area (Å²) in [6, 6.07) is 24.3. The summed E-state index contributed by atoms with van der Waals surface area (Å²) in [7, 11) is 3.39. The molecule has 0 atom stereocenters. The second kappa shape index (κ2) is 14.0. The lowest BCUT2D eigenvalue weighted by molar-refractivity contribution is -0.121. The van der Waals surface area contributed by atoms with Gasteiger partial charge in [-0.05, 0) is 74.6 Å². The van der Waals surface area contributed by atoms with E-state index in [2.05, 4.69) is 17.4 Å². The van der Waals surface area contributed by atoms with Gasteiger partial charge in [0, 0.05) is 36.9 Å². The molecule has 4 aromatic rings. The van der Waals surface area contributed by atoms with Crippen molar-refractivity contribution in [1.82, 2.24) is 0 Å². The molecular weight excluding hydrogens is 571 g/mol. The summed E-state index contributed by atoms with van der Waals surface area (Å²) in [5, 5.41) is 3.37. The number of hydrogen-bond donors (Lipinski definition) is 1. The molecule has 0 aliphatic carbocycles. The van der Waals surface area contributed by atoms with E-state index < -0.39 is 5.54 Å². The van der Waals surface area contributed by atoms with E-state index in [0.29, 0.717) is 42.8 Å². The van der Waals surface area contributed by atoms with E-state index in [4.69, 9.17) is 18.9 Å². The van der Waals surface area contributed by atoms with Gasteiger partial charge in [-0.1, -0.05) is 42.5 Å². The quantitative estimate of drug-likeness (QED) is 0.155. The van der Waals surface area contributed by atoms with Crippen molar-refractivity contribution < 1.29 is 28.1 Å². The fourth-order valence-electron chi connectivity index (χ4n) is 5.55. The number of methoxy groups -OCH3 is 1. The Morgan fingerprint density at radius 1 is 0.844 bits per heavy atom. The van der Waals surface area contributed by atoms with Crippen LogP contribution in [-0.2, 0) is 22.7 Å². The van der Waals surface area contributed by atoms with Gasteiger partial charge in [-0.25, -0.2) is 4.39 Å². The molecule has 7 nitrogen and oxygen atoms in total. The molecule has 1 N–H and O–H groups in total. The normalized spacial score (nSPS) is 13.6. The van der Waals surface area contributed by atoms with Gasteiger partial charge in [-0.2, -0.15) is 0 Å². The predicted octanol–water partition coefficient (Wildman–Crippen LogP) is 7.93. The number of fused-ring (bicyclic) bond motifs is 1.